The number of carbonyl (C=O) groups is 3. The summed E-state index contributed by atoms with van der Waals surface area (Å²) < 4.78 is 16.9. The van der Waals surface area contributed by atoms with Crippen molar-refractivity contribution in [3.63, 3.8) is 0 Å². The Balaban J connectivity index is 4.20. The molecule has 80 heavy (non-hydrogen) atoms. The smallest absolute Gasteiger partial charge is 0.306 e. The summed E-state index contributed by atoms with van der Waals surface area (Å²) in [6.07, 6.45) is 92.5. The number of unbranched alkanes of at least 4 members (excludes halogenated alkanes) is 32. The lowest BCUT2D eigenvalue weighted by atomic mass is 10.0. The highest BCUT2D eigenvalue weighted by Gasteiger charge is 2.19. The minimum Gasteiger partial charge on any atom is -0.462 e. The standard InChI is InChI=1S/C74H126O6/c1-4-7-10-13-16-19-22-25-27-29-30-31-32-33-34-35-36-37-38-39-40-41-42-43-44-45-47-49-52-55-58-61-64-67-73(76)79-70-71(69-78-72(75)66-63-60-57-54-51-48-24-21-18-15-12-9-6-3)80-74(77)68-65-62-59-56-53-50-46-28-26-23-20-17-14-11-8-5-2/h7,10,12,15-16,19,21,24-25,27-28,30-31,33-34,36-37,46,71H,4-6,8-9,11,13-14,17-18,20,22-23,26,29,32,35,38-45,47-70H2,1-3H3/b10-7-,15-12-,19-16-,24-21-,27-25-,31-30-,34-33-,37-36-,46-28-. The number of rotatable bonds is 61. The van der Waals surface area contributed by atoms with Gasteiger partial charge in [-0.2, -0.15) is 0 Å². The first-order valence-electron chi connectivity index (χ1n) is 33.9. The summed E-state index contributed by atoms with van der Waals surface area (Å²) in [4.78, 5) is 38.3. The Morgan fingerprint density at radius 3 is 0.825 bits per heavy atom. The van der Waals surface area contributed by atoms with Crippen LogP contribution < -0.4 is 0 Å². The minimum atomic E-state index is -0.789. The van der Waals surface area contributed by atoms with Crippen molar-refractivity contribution in [3.05, 3.63) is 109 Å². The maximum absolute atomic E-state index is 12.9. The van der Waals surface area contributed by atoms with Gasteiger partial charge in [0, 0.05) is 19.3 Å². The fraction of sp³-hybridized carbons (Fsp3) is 0.716. The van der Waals surface area contributed by atoms with Gasteiger partial charge in [-0.25, -0.2) is 0 Å². The molecule has 0 saturated heterocycles. The molecule has 6 nitrogen and oxygen atoms in total. The first-order valence-corrected chi connectivity index (χ1v) is 33.9. The molecule has 0 heterocycles. The highest BCUT2D eigenvalue weighted by molar-refractivity contribution is 5.71. The van der Waals surface area contributed by atoms with Crippen LogP contribution in [0, 0.1) is 0 Å². The van der Waals surface area contributed by atoms with Crippen LogP contribution in [0.15, 0.2) is 109 Å². The van der Waals surface area contributed by atoms with E-state index in [1.807, 2.05) is 0 Å². The first-order chi connectivity index (χ1) is 39.5. The number of ether oxygens (including phenoxy) is 3. The van der Waals surface area contributed by atoms with Crippen LogP contribution in [0.5, 0.6) is 0 Å². The highest BCUT2D eigenvalue weighted by Crippen LogP contribution is 2.16. The molecule has 0 N–H and O–H groups in total. The molecule has 0 aliphatic heterocycles. The van der Waals surface area contributed by atoms with Gasteiger partial charge in [0.05, 0.1) is 0 Å². The largest absolute Gasteiger partial charge is 0.462 e. The lowest BCUT2D eigenvalue weighted by Gasteiger charge is -2.18. The lowest BCUT2D eigenvalue weighted by molar-refractivity contribution is -0.167. The Morgan fingerprint density at radius 1 is 0.263 bits per heavy atom. The van der Waals surface area contributed by atoms with E-state index >= 15 is 0 Å². The van der Waals surface area contributed by atoms with Gasteiger partial charge in [-0.1, -0.05) is 291 Å². The van der Waals surface area contributed by atoms with Crippen molar-refractivity contribution < 1.29 is 28.6 Å². The molecule has 0 fully saturated rings. The second-order valence-electron chi connectivity index (χ2n) is 22.3. The molecule has 458 valence electrons. The summed E-state index contributed by atoms with van der Waals surface area (Å²) in [5, 5.41) is 0. The lowest BCUT2D eigenvalue weighted by Crippen LogP contribution is -2.30. The van der Waals surface area contributed by atoms with Gasteiger partial charge in [0.2, 0.25) is 0 Å². The van der Waals surface area contributed by atoms with E-state index in [-0.39, 0.29) is 31.1 Å². The number of allylic oxidation sites excluding steroid dienone is 18. The van der Waals surface area contributed by atoms with Gasteiger partial charge in [0.15, 0.2) is 6.10 Å². The molecule has 0 aliphatic carbocycles. The van der Waals surface area contributed by atoms with E-state index in [2.05, 4.69) is 130 Å². The molecule has 0 aromatic rings. The van der Waals surface area contributed by atoms with E-state index in [1.54, 1.807) is 0 Å². The molecule has 0 amide bonds. The van der Waals surface area contributed by atoms with Crippen LogP contribution in [0.4, 0.5) is 0 Å². The van der Waals surface area contributed by atoms with Crippen LogP contribution in [-0.4, -0.2) is 37.2 Å². The average Bonchev–Trinajstić information content (AvgIpc) is 3.46. The number of hydrogen-bond donors (Lipinski definition) is 0. The van der Waals surface area contributed by atoms with Crippen molar-refractivity contribution in [2.45, 2.75) is 329 Å². The van der Waals surface area contributed by atoms with Crippen LogP contribution >= 0.6 is 0 Å². The normalized spacial score (nSPS) is 12.8. The van der Waals surface area contributed by atoms with Gasteiger partial charge in [-0.15, -0.1) is 0 Å². The summed E-state index contributed by atoms with van der Waals surface area (Å²) in [5.74, 6) is -0.898. The Hall–Kier alpha value is -3.93. The summed E-state index contributed by atoms with van der Waals surface area (Å²) >= 11 is 0. The van der Waals surface area contributed by atoms with Crippen LogP contribution in [0.1, 0.15) is 323 Å². The Bertz CT molecular complexity index is 1610. The zero-order chi connectivity index (χ0) is 57.8. The van der Waals surface area contributed by atoms with Crippen molar-refractivity contribution >= 4 is 17.9 Å². The minimum absolute atomic E-state index is 0.0845. The molecule has 1 atom stereocenters. The fourth-order valence-corrected chi connectivity index (χ4v) is 9.42. The van der Waals surface area contributed by atoms with Gasteiger partial charge in [-0.3, -0.25) is 14.4 Å². The predicted molar refractivity (Wildman–Crippen MR) is 348 cm³/mol. The number of esters is 3. The molecule has 0 rings (SSSR count). The van der Waals surface area contributed by atoms with Crippen molar-refractivity contribution in [1.82, 2.24) is 0 Å². The van der Waals surface area contributed by atoms with Crippen molar-refractivity contribution in [3.8, 4) is 0 Å². The fourth-order valence-electron chi connectivity index (χ4n) is 9.42. The van der Waals surface area contributed by atoms with Crippen LogP contribution in [0.3, 0.4) is 0 Å². The van der Waals surface area contributed by atoms with E-state index < -0.39 is 6.10 Å². The molecule has 1 unspecified atom stereocenters. The summed E-state index contributed by atoms with van der Waals surface area (Å²) in [7, 11) is 0. The third-order valence-corrected chi connectivity index (χ3v) is 14.5. The molecule has 0 radical (unpaired) electrons. The zero-order valence-electron chi connectivity index (χ0n) is 52.6. The topological polar surface area (TPSA) is 78.9 Å². The predicted octanol–water partition coefficient (Wildman–Crippen LogP) is 23.4. The molecule has 6 heteroatoms. The van der Waals surface area contributed by atoms with Gasteiger partial charge < -0.3 is 14.2 Å². The van der Waals surface area contributed by atoms with Gasteiger partial charge >= 0.3 is 17.9 Å². The molecule has 0 bridgehead atoms. The SMILES string of the molecule is CC/C=C\C/C=C\C/C=C\C/C=C\C/C=C\C/C=C\CCCCCCCCCCCCCCCCC(=O)OCC(COC(=O)CCCCCCC/C=C\C/C=C\CCC)OC(=O)CCCCCCC/C=C\CCCCCCCCC. The third kappa shape index (κ3) is 64.9. The zero-order valence-corrected chi connectivity index (χ0v) is 52.6. The van der Waals surface area contributed by atoms with E-state index in [0.717, 1.165) is 141 Å². The van der Waals surface area contributed by atoms with Crippen LogP contribution in [0.25, 0.3) is 0 Å². The average molecular weight is 1110 g/mol. The van der Waals surface area contributed by atoms with Crippen LogP contribution in [-0.2, 0) is 28.6 Å². The van der Waals surface area contributed by atoms with Crippen molar-refractivity contribution in [2.75, 3.05) is 13.2 Å². The van der Waals surface area contributed by atoms with E-state index in [4.69, 9.17) is 14.2 Å². The molecular formula is C74H126O6. The highest BCUT2D eigenvalue weighted by atomic mass is 16.6. The van der Waals surface area contributed by atoms with Gasteiger partial charge in [-0.05, 0) is 122 Å². The Morgan fingerprint density at radius 2 is 0.512 bits per heavy atom. The number of hydrogen-bond acceptors (Lipinski definition) is 6. The van der Waals surface area contributed by atoms with E-state index in [9.17, 15) is 14.4 Å². The number of carbonyl (C=O) groups excluding carboxylic acids is 3. The van der Waals surface area contributed by atoms with Crippen LogP contribution in [0.2, 0.25) is 0 Å². The Labute approximate surface area is 495 Å². The summed E-state index contributed by atoms with van der Waals surface area (Å²) in [6.45, 7) is 6.46. The molecule has 0 aromatic heterocycles. The maximum atomic E-state index is 12.9. The van der Waals surface area contributed by atoms with Crippen molar-refractivity contribution in [1.29, 1.82) is 0 Å². The van der Waals surface area contributed by atoms with Crippen molar-refractivity contribution in [2.24, 2.45) is 0 Å². The summed E-state index contributed by atoms with van der Waals surface area (Å²) in [5.41, 5.74) is 0. The van der Waals surface area contributed by atoms with Gasteiger partial charge in [0.25, 0.3) is 0 Å². The first kappa shape index (κ1) is 76.1. The third-order valence-electron chi connectivity index (χ3n) is 14.5. The summed E-state index contributed by atoms with van der Waals surface area (Å²) in [6, 6.07) is 0. The quantitative estimate of drug-likeness (QED) is 0.0261. The molecule has 0 aromatic carbocycles. The molecule has 0 spiro atoms. The molecule has 0 saturated carbocycles. The second-order valence-corrected chi connectivity index (χ2v) is 22.3. The monoisotopic (exact) mass is 1110 g/mol. The van der Waals surface area contributed by atoms with E-state index in [0.29, 0.717) is 19.3 Å². The van der Waals surface area contributed by atoms with E-state index in [1.165, 1.54) is 141 Å². The molecular weight excluding hydrogens is 985 g/mol. The molecule has 0 aliphatic rings. The van der Waals surface area contributed by atoms with Gasteiger partial charge in [0.1, 0.15) is 13.2 Å². The maximum Gasteiger partial charge on any atom is 0.306 e. The Kier molecular flexibility index (Phi) is 64.3. The second kappa shape index (κ2) is 67.6.